The van der Waals surface area contributed by atoms with Crippen LogP contribution in [-0.2, 0) is 9.59 Å². The number of piperidine rings is 1. The molecular weight excluding hydrogens is 360 g/mol. The number of nitrogens with zero attached hydrogens (tertiary/aromatic N) is 2. The fourth-order valence-corrected chi connectivity index (χ4v) is 6.17. The van der Waals surface area contributed by atoms with Crippen LogP contribution in [0.3, 0.4) is 0 Å². The van der Waals surface area contributed by atoms with Gasteiger partial charge in [-0.15, -0.1) is 0 Å². The summed E-state index contributed by atoms with van der Waals surface area (Å²) in [5.41, 5.74) is 1.77. The number of hydrogen-bond donors (Lipinski definition) is 0. The molecule has 4 aliphatic rings. The van der Waals surface area contributed by atoms with Crippen molar-refractivity contribution in [3.8, 4) is 0 Å². The van der Waals surface area contributed by atoms with Crippen molar-refractivity contribution in [3.63, 3.8) is 0 Å². The average molecular weight is 401 g/mol. The van der Waals surface area contributed by atoms with Gasteiger partial charge in [-0.3, -0.25) is 9.59 Å². The first-order valence-corrected chi connectivity index (χ1v) is 12.6. The standard InChI is InChI=1S/C25H40N2O2/c28-24(26-18-10-3-11-19-26)22-16-8-9-17-23(22)25(29)27(20-12-4-1-5-13-20)21-14-6-2-7-15-21/h20-21H,1-19H2. The van der Waals surface area contributed by atoms with Gasteiger partial charge in [0.2, 0.25) is 5.91 Å². The minimum atomic E-state index is 0.181. The summed E-state index contributed by atoms with van der Waals surface area (Å²) in [6.07, 6.45) is 19.4. The summed E-state index contributed by atoms with van der Waals surface area (Å²) in [4.78, 5) is 31.7. The summed E-state index contributed by atoms with van der Waals surface area (Å²) in [7, 11) is 0. The van der Waals surface area contributed by atoms with Crippen molar-refractivity contribution in [2.45, 2.75) is 121 Å². The maximum Gasteiger partial charge on any atom is 0.250 e. The van der Waals surface area contributed by atoms with Gasteiger partial charge in [-0.2, -0.15) is 0 Å². The van der Waals surface area contributed by atoms with Crippen LogP contribution in [0.5, 0.6) is 0 Å². The summed E-state index contributed by atoms with van der Waals surface area (Å²) >= 11 is 0. The van der Waals surface area contributed by atoms with Crippen molar-refractivity contribution in [3.05, 3.63) is 11.1 Å². The highest BCUT2D eigenvalue weighted by Crippen LogP contribution is 2.35. The number of amides is 2. The summed E-state index contributed by atoms with van der Waals surface area (Å²) in [6, 6.07) is 0.806. The Labute approximate surface area is 177 Å². The van der Waals surface area contributed by atoms with Gasteiger partial charge in [-0.1, -0.05) is 38.5 Å². The fourth-order valence-electron chi connectivity index (χ4n) is 6.17. The number of rotatable bonds is 4. The minimum Gasteiger partial charge on any atom is -0.339 e. The second-order valence-electron chi connectivity index (χ2n) is 9.81. The summed E-state index contributed by atoms with van der Waals surface area (Å²) in [5.74, 6) is 0.420. The summed E-state index contributed by atoms with van der Waals surface area (Å²) in [6.45, 7) is 1.75. The fraction of sp³-hybridized carbons (Fsp3) is 0.840. The largest absolute Gasteiger partial charge is 0.339 e. The third-order valence-electron chi connectivity index (χ3n) is 7.80. The minimum absolute atomic E-state index is 0.181. The molecule has 0 N–H and O–H groups in total. The van der Waals surface area contributed by atoms with Crippen LogP contribution in [-0.4, -0.2) is 46.8 Å². The highest BCUT2D eigenvalue weighted by molar-refractivity contribution is 6.05. The van der Waals surface area contributed by atoms with Gasteiger partial charge in [0.1, 0.15) is 0 Å². The molecule has 0 bridgehead atoms. The van der Waals surface area contributed by atoms with Crippen LogP contribution in [0.15, 0.2) is 11.1 Å². The molecule has 0 spiro atoms. The zero-order valence-corrected chi connectivity index (χ0v) is 18.3. The molecule has 4 rings (SSSR count). The van der Waals surface area contributed by atoms with E-state index in [0.717, 1.165) is 88.4 Å². The van der Waals surface area contributed by atoms with Gasteiger partial charge in [-0.05, 0) is 70.6 Å². The molecule has 0 atom stereocenters. The van der Waals surface area contributed by atoms with E-state index in [1.165, 1.54) is 44.9 Å². The molecule has 0 aromatic carbocycles. The van der Waals surface area contributed by atoms with Crippen molar-refractivity contribution >= 4 is 11.8 Å². The number of hydrogen-bond acceptors (Lipinski definition) is 2. The van der Waals surface area contributed by atoms with Gasteiger partial charge in [0.25, 0.3) is 5.91 Å². The highest BCUT2D eigenvalue weighted by Gasteiger charge is 2.36. The molecule has 0 aromatic heterocycles. The van der Waals surface area contributed by atoms with Gasteiger partial charge in [0.05, 0.1) is 0 Å². The first kappa shape index (κ1) is 20.9. The van der Waals surface area contributed by atoms with E-state index in [1.54, 1.807) is 0 Å². The summed E-state index contributed by atoms with van der Waals surface area (Å²) < 4.78 is 0. The lowest BCUT2D eigenvalue weighted by Crippen LogP contribution is -2.50. The second-order valence-corrected chi connectivity index (χ2v) is 9.81. The molecule has 1 saturated heterocycles. The molecule has 0 aromatic rings. The molecule has 2 saturated carbocycles. The lowest BCUT2D eigenvalue weighted by Gasteiger charge is -2.43. The molecular formula is C25H40N2O2. The zero-order valence-electron chi connectivity index (χ0n) is 18.3. The van der Waals surface area contributed by atoms with E-state index in [9.17, 15) is 9.59 Å². The van der Waals surface area contributed by atoms with Crippen molar-refractivity contribution in [2.75, 3.05) is 13.1 Å². The smallest absolute Gasteiger partial charge is 0.250 e. The number of carbonyl (C=O) groups excluding carboxylic acids is 2. The second kappa shape index (κ2) is 10.1. The Morgan fingerprint density at radius 1 is 0.621 bits per heavy atom. The van der Waals surface area contributed by atoms with Gasteiger partial charge >= 0.3 is 0 Å². The van der Waals surface area contributed by atoms with E-state index in [2.05, 4.69) is 4.90 Å². The number of carbonyl (C=O) groups is 2. The average Bonchev–Trinajstić information content (AvgIpc) is 2.81. The third-order valence-corrected chi connectivity index (χ3v) is 7.80. The van der Waals surface area contributed by atoms with E-state index >= 15 is 0 Å². The zero-order chi connectivity index (χ0) is 20.1. The van der Waals surface area contributed by atoms with E-state index in [-0.39, 0.29) is 11.8 Å². The molecule has 162 valence electrons. The molecule has 4 heteroatoms. The monoisotopic (exact) mass is 400 g/mol. The van der Waals surface area contributed by atoms with Crippen LogP contribution >= 0.6 is 0 Å². The maximum atomic E-state index is 14.0. The van der Waals surface area contributed by atoms with Gasteiger partial charge < -0.3 is 9.80 Å². The van der Waals surface area contributed by atoms with Gasteiger partial charge in [0, 0.05) is 36.3 Å². The quantitative estimate of drug-likeness (QED) is 0.637. The molecule has 0 radical (unpaired) electrons. The van der Waals surface area contributed by atoms with Crippen molar-refractivity contribution < 1.29 is 9.59 Å². The van der Waals surface area contributed by atoms with Crippen molar-refractivity contribution in [1.29, 1.82) is 0 Å². The van der Waals surface area contributed by atoms with E-state index in [0.29, 0.717) is 12.1 Å². The van der Waals surface area contributed by atoms with E-state index < -0.39 is 0 Å². The van der Waals surface area contributed by atoms with E-state index in [4.69, 9.17) is 0 Å². The molecule has 29 heavy (non-hydrogen) atoms. The molecule has 3 fully saturated rings. The first-order valence-electron chi connectivity index (χ1n) is 12.6. The van der Waals surface area contributed by atoms with E-state index in [1.807, 2.05) is 4.90 Å². The third kappa shape index (κ3) is 4.88. The maximum absolute atomic E-state index is 14.0. The van der Waals surface area contributed by atoms with Crippen LogP contribution in [0.4, 0.5) is 0 Å². The Kier molecular flexibility index (Phi) is 7.31. The molecule has 0 unspecified atom stereocenters. The molecule has 1 heterocycles. The Bertz CT molecular complexity index is 590. The Morgan fingerprint density at radius 2 is 1.10 bits per heavy atom. The molecule has 2 amide bonds. The predicted molar refractivity (Wildman–Crippen MR) is 117 cm³/mol. The lowest BCUT2D eigenvalue weighted by atomic mass is 9.85. The molecule has 4 nitrogen and oxygen atoms in total. The Balaban J connectivity index is 1.60. The van der Waals surface area contributed by atoms with Crippen molar-refractivity contribution in [1.82, 2.24) is 9.80 Å². The van der Waals surface area contributed by atoms with Crippen LogP contribution in [0.2, 0.25) is 0 Å². The lowest BCUT2D eigenvalue weighted by molar-refractivity contribution is -0.135. The number of likely N-dealkylation sites (tertiary alicyclic amines) is 1. The topological polar surface area (TPSA) is 40.6 Å². The first-order chi connectivity index (χ1) is 14.3. The predicted octanol–water partition coefficient (Wildman–Crippen LogP) is 5.36. The highest BCUT2D eigenvalue weighted by atomic mass is 16.2. The summed E-state index contributed by atoms with van der Waals surface area (Å²) in [5, 5.41) is 0. The van der Waals surface area contributed by atoms with Crippen molar-refractivity contribution in [2.24, 2.45) is 0 Å². The Morgan fingerprint density at radius 3 is 1.66 bits per heavy atom. The molecule has 1 aliphatic heterocycles. The molecule has 3 aliphatic carbocycles. The van der Waals surface area contributed by atoms with Crippen LogP contribution in [0.1, 0.15) is 109 Å². The van der Waals surface area contributed by atoms with Crippen LogP contribution < -0.4 is 0 Å². The Hall–Kier alpha value is -1.32. The normalized spacial score (nSPS) is 25.2. The van der Waals surface area contributed by atoms with Gasteiger partial charge in [0.15, 0.2) is 0 Å². The van der Waals surface area contributed by atoms with Crippen LogP contribution in [0, 0.1) is 0 Å². The van der Waals surface area contributed by atoms with Gasteiger partial charge in [-0.25, -0.2) is 0 Å². The SMILES string of the molecule is O=C(C1=C(C(=O)N(C2CCCCC2)C2CCCCC2)CCCC1)N1CCCCC1. The van der Waals surface area contributed by atoms with Crippen LogP contribution in [0.25, 0.3) is 0 Å².